The van der Waals surface area contributed by atoms with Crippen molar-refractivity contribution in [2.75, 3.05) is 19.1 Å². The number of nitrogens with two attached hydrogens (primary N) is 1. The average Bonchev–Trinajstić information content (AvgIpc) is 2.29. The summed E-state index contributed by atoms with van der Waals surface area (Å²) in [6, 6.07) is 11.6. The third-order valence-electron chi connectivity index (χ3n) is 2.80. The van der Waals surface area contributed by atoms with Gasteiger partial charge in [-0.3, -0.25) is 0 Å². The van der Waals surface area contributed by atoms with E-state index in [0.29, 0.717) is 22.1 Å². The van der Waals surface area contributed by atoms with Gasteiger partial charge < -0.3 is 10.3 Å². The number of hydrogen-bond acceptors (Lipinski definition) is 2. The van der Waals surface area contributed by atoms with E-state index in [9.17, 15) is 8.96 Å². The monoisotopic (exact) mass is 263 g/mol. The first-order chi connectivity index (χ1) is 8.39. The molecule has 0 heterocycles. The Morgan fingerprint density at radius 3 is 2.39 bits per heavy atom. The Balaban J connectivity index is 2.62. The van der Waals surface area contributed by atoms with Crippen LogP contribution in [0.15, 0.2) is 42.5 Å². The number of rotatable bonds is 2. The third-order valence-corrected chi connectivity index (χ3v) is 4.34. The van der Waals surface area contributed by atoms with Crippen LogP contribution in [-0.4, -0.2) is 13.3 Å². The van der Waals surface area contributed by atoms with Crippen molar-refractivity contribution in [2.45, 2.75) is 0 Å². The lowest BCUT2D eigenvalue weighted by Gasteiger charge is -2.13. The molecule has 94 valence electrons. The van der Waals surface area contributed by atoms with Crippen molar-refractivity contribution in [3.63, 3.8) is 0 Å². The Hall–Kier alpha value is -1.60. The number of nitrogen functional groups attached to an aromatic ring is 1. The second kappa shape index (κ2) is 4.58. The van der Waals surface area contributed by atoms with Crippen LogP contribution in [0.25, 0.3) is 11.1 Å². The summed E-state index contributed by atoms with van der Waals surface area (Å²) < 4.78 is 25.8. The summed E-state index contributed by atoms with van der Waals surface area (Å²) in [7, 11) is -2.47. The molecule has 0 aliphatic heterocycles. The van der Waals surface area contributed by atoms with Crippen LogP contribution in [0.2, 0.25) is 0 Å². The normalized spacial score (nSPS) is 11.5. The van der Waals surface area contributed by atoms with E-state index in [-0.39, 0.29) is 5.82 Å². The average molecular weight is 263 g/mol. The maximum absolute atomic E-state index is 13.7. The van der Waals surface area contributed by atoms with Crippen molar-refractivity contribution in [3.05, 3.63) is 48.3 Å². The first kappa shape index (κ1) is 12.8. The van der Waals surface area contributed by atoms with Crippen LogP contribution >= 0.6 is 7.14 Å². The van der Waals surface area contributed by atoms with Crippen molar-refractivity contribution in [1.82, 2.24) is 0 Å². The fraction of sp³-hybridized carbons (Fsp3) is 0.143. The first-order valence-electron chi connectivity index (χ1n) is 5.59. The van der Waals surface area contributed by atoms with Gasteiger partial charge in [0.05, 0.1) is 0 Å². The Bertz CT molecular complexity index is 633. The highest BCUT2D eigenvalue weighted by Gasteiger charge is 2.16. The van der Waals surface area contributed by atoms with Crippen molar-refractivity contribution >= 4 is 18.1 Å². The van der Waals surface area contributed by atoms with Gasteiger partial charge in [0.2, 0.25) is 0 Å². The summed E-state index contributed by atoms with van der Waals surface area (Å²) in [6.45, 7) is 3.31. The van der Waals surface area contributed by atoms with Crippen LogP contribution in [0, 0.1) is 5.82 Å². The zero-order valence-electron chi connectivity index (χ0n) is 10.4. The van der Waals surface area contributed by atoms with Crippen LogP contribution in [0.5, 0.6) is 0 Å². The van der Waals surface area contributed by atoms with Gasteiger partial charge in [0.1, 0.15) is 13.0 Å². The third kappa shape index (κ3) is 2.46. The van der Waals surface area contributed by atoms with Crippen molar-refractivity contribution < 1.29 is 8.96 Å². The lowest BCUT2D eigenvalue weighted by atomic mass is 10.0. The molecule has 0 aliphatic rings. The SMILES string of the molecule is CP(C)(=O)c1cc(-c2ccccc2F)ccc1N. The second-order valence-electron chi connectivity index (χ2n) is 4.60. The smallest absolute Gasteiger partial charge is 0.131 e. The molecule has 0 saturated heterocycles. The summed E-state index contributed by atoms with van der Waals surface area (Å²) in [4.78, 5) is 0. The molecule has 2 N–H and O–H groups in total. The van der Waals surface area contributed by atoms with E-state index in [0.717, 1.165) is 0 Å². The van der Waals surface area contributed by atoms with Crippen LogP contribution in [-0.2, 0) is 4.57 Å². The summed E-state index contributed by atoms with van der Waals surface area (Å²) in [6.07, 6.45) is 0. The molecule has 0 aliphatic carbocycles. The second-order valence-corrected chi connectivity index (χ2v) is 7.79. The first-order valence-corrected chi connectivity index (χ1v) is 8.19. The van der Waals surface area contributed by atoms with E-state index in [2.05, 4.69) is 0 Å². The van der Waals surface area contributed by atoms with Gasteiger partial charge >= 0.3 is 0 Å². The Morgan fingerprint density at radius 2 is 1.78 bits per heavy atom. The van der Waals surface area contributed by atoms with Gasteiger partial charge in [-0.15, -0.1) is 0 Å². The van der Waals surface area contributed by atoms with Crippen LogP contribution in [0.1, 0.15) is 0 Å². The number of anilines is 1. The summed E-state index contributed by atoms with van der Waals surface area (Å²) in [5.41, 5.74) is 7.50. The minimum absolute atomic E-state index is 0.296. The zero-order valence-corrected chi connectivity index (χ0v) is 11.2. The van der Waals surface area contributed by atoms with Gasteiger partial charge in [0.25, 0.3) is 0 Å². The molecule has 0 amide bonds. The molecule has 2 nitrogen and oxygen atoms in total. The highest BCUT2D eigenvalue weighted by Crippen LogP contribution is 2.38. The Kier molecular flexibility index (Phi) is 3.27. The van der Waals surface area contributed by atoms with Crippen LogP contribution in [0.3, 0.4) is 0 Å². The van der Waals surface area contributed by atoms with E-state index in [4.69, 9.17) is 5.73 Å². The minimum atomic E-state index is -2.47. The molecule has 2 aromatic carbocycles. The molecule has 0 radical (unpaired) electrons. The maximum Gasteiger partial charge on any atom is 0.131 e. The predicted octanol–water partition coefficient (Wildman–Crippen LogP) is 3.32. The molecular formula is C14H15FNOP. The van der Waals surface area contributed by atoms with Crippen LogP contribution in [0.4, 0.5) is 10.1 Å². The fourth-order valence-corrected chi connectivity index (χ4v) is 3.02. The fourth-order valence-electron chi connectivity index (χ4n) is 1.87. The standard InChI is InChI=1S/C14H15FNOP/c1-18(2,17)14-9-10(7-8-13(14)16)11-5-3-4-6-12(11)15/h3-9H,16H2,1-2H3. The van der Waals surface area contributed by atoms with E-state index in [1.54, 1.807) is 49.7 Å². The molecule has 2 aromatic rings. The molecule has 0 aromatic heterocycles. The van der Waals surface area contributed by atoms with E-state index < -0.39 is 7.14 Å². The van der Waals surface area contributed by atoms with E-state index >= 15 is 0 Å². The van der Waals surface area contributed by atoms with Gasteiger partial charge in [-0.05, 0) is 37.1 Å². The zero-order chi connectivity index (χ0) is 13.3. The number of hydrogen-bond donors (Lipinski definition) is 1. The molecule has 0 bridgehead atoms. The topological polar surface area (TPSA) is 43.1 Å². The largest absolute Gasteiger partial charge is 0.398 e. The quantitative estimate of drug-likeness (QED) is 0.667. The lowest BCUT2D eigenvalue weighted by Crippen LogP contribution is -2.10. The van der Waals surface area contributed by atoms with Gasteiger partial charge in [0.15, 0.2) is 0 Å². The summed E-state index contributed by atoms with van der Waals surface area (Å²) in [5, 5.41) is 0.600. The maximum atomic E-state index is 13.7. The molecule has 0 atom stereocenters. The van der Waals surface area contributed by atoms with E-state index in [1.165, 1.54) is 6.07 Å². The molecule has 2 rings (SSSR count). The molecule has 0 unspecified atom stereocenters. The molecule has 18 heavy (non-hydrogen) atoms. The van der Waals surface area contributed by atoms with Gasteiger partial charge in [-0.25, -0.2) is 4.39 Å². The lowest BCUT2D eigenvalue weighted by molar-refractivity contribution is 0.588. The van der Waals surface area contributed by atoms with Crippen molar-refractivity contribution in [3.8, 4) is 11.1 Å². The molecule has 4 heteroatoms. The number of halogens is 1. The summed E-state index contributed by atoms with van der Waals surface area (Å²) in [5.74, 6) is -0.296. The minimum Gasteiger partial charge on any atom is -0.398 e. The highest BCUT2D eigenvalue weighted by atomic mass is 31.2. The molecule has 0 spiro atoms. The van der Waals surface area contributed by atoms with E-state index in [1.807, 2.05) is 0 Å². The Morgan fingerprint density at radius 1 is 1.11 bits per heavy atom. The summed E-state index contributed by atoms with van der Waals surface area (Å²) >= 11 is 0. The van der Waals surface area contributed by atoms with Gasteiger partial charge in [-0.1, -0.05) is 24.3 Å². The molecule has 0 saturated carbocycles. The predicted molar refractivity (Wildman–Crippen MR) is 75.3 cm³/mol. The van der Waals surface area contributed by atoms with Gasteiger partial charge in [-0.2, -0.15) is 0 Å². The Labute approximate surface area is 106 Å². The molecule has 0 fully saturated rings. The highest BCUT2D eigenvalue weighted by molar-refractivity contribution is 7.70. The molecular weight excluding hydrogens is 248 g/mol. The van der Waals surface area contributed by atoms with Crippen molar-refractivity contribution in [1.29, 1.82) is 0 Å². The number of benzene rings is 2. The van der Waals surface area contributed by atoms with Gasteiger partial charge in [0, 0.05) is 16.6 Å². The van der Waals surface area contributed by atoms with Crippen LogP contribution < -0.4 is 11.0 Å². The van der Waals surface area contributed by atoms with Crippen molar-refractivity contribution in [2.24, 2.45) is 0 Å².